The van der Waals surface area contributed by atoms with Gasteiger partial charge in [0.2, 0.25) is 5.91 Å². The highest BCUT2D eigenvalue weighted by Crippen LogP contribution is 2.58. The first-order valence-electron chi connectivity index (χ1n) is 8.99. The molecular formula is C18H27ClN2O2S. The molecule has 4 rings (SSSR count). The smallest absolute Gasteiger partial charge is 0.224 e. The van der Waals surface area contributed by atoms with Crippen LogP contribution in [0.3, 0.4) is 0 Å². The monoisotopic (exact) mass is 370 g/mol. The van der Waals surface area contributed by atoms with Crippen LogP contribution in [0.2, 0.25) is 0 Å². The Labute approximate surface area is 154 Å². The third-order valence-corrected chi connectivity index (χ3v) is 7.79. The molecular weight excluding hydrogens is 344 g/mol. The number of hydroxylamine groups is 2. The van der Waals surface area contributed by atoms with Gasteiger partial charge in [0.15, 0.2) is 0 Å². The number of carbonyl (C=O) groups is 1. The number of nitrogens with one attached hydrogen (secondary N) is 1. The van der Waals surface area contributed by atoms with Gasteiger partial charge in [0.25, 0.3) is 0 Å². The molecule has 0 aromatic rings. The van der Waals surface area contributed by atoms with Crippen LogP contribution >= 0.6 is 24.2 Å². The quantitative estimate of drug-likeness (QED) is 0.781. The van der Waals surface area contributed by atoms with Crippen LogP contribution in [-0.2, 0) is 4.79 Å². The van der Waals surface area contributed by atoms with Crippen LogP contribution in [0.15, 0.2) is 23.9 Å². The average molecular weight is 371 g/mol. The number of hydrogen-bond acceptors (Lipinski definition) is 4. The normalized spacial score (nSPS) is 35.5. The third-order valence-electron chi connectivity index (χ3n) is 6.07. The van der Waals surface area contributed by atoms with Gasteiger partial charge < -0.3 is 5.32 Å². The summed E-state index contributed by atoms with van der Waals surface area (Å²) in [6.45, 7) is 0.639. The van der Waals surface area contributed by atoms with E-state index >= 15 is 0 Å². The maximum absolute atomic E-state index is 12.9. The number of amides is 1. The average Bonchev–Trinajstić information content (AvgIpc) is 2.94. The second-order valence-electron chi connectivity index (χ2n) is 7.35. The lowest BCUT2D eigenvalue weighted by Gasteiger charge is -2.46. The Kier molecular flexibility index (Phi) is 5.52. The first-order chi connectivity index (χ1) is 11.2. The van der Waals surface area contributed by atoms with Crippen LogP contribution < -0.4 is 5.32 Å². The number of piperidine rings is 1. The molecule has 0 bridgehead atoms. The Morgan fingerprint density at radius 1 is 1.29 bits per heavy atom. The Hall–Kier alpha value is -0.650. The summed E-state index contributed by atoms with van der Waals surface area (Å²) in [5.41, 5.74) is 1.01. The lowest BCUT2D eigenvalue weighted by atomic mass is 9.72. The van der Waals surface area contributed by atoms with Crippen molar-refractivity contribution in [3.8, 4) is 0 Å². The summed E-state index contributed by atoms with van der Waals surface area (Å²) in [7, 11) is 0. The molecule has 0 radical (unpaired) electrons. The van der Waals surface area contributed by atoms with Gasteiger partial charge in [-0.25, -0.2) is 0 Å². The van der Waals surface area contributed by atoms with Gasteiger partial charge in [0.05, 0.1) is 16.4 Å². The molecule has 2 aliphatic carbocycles. The topological polar surface area (TPSA) is 52.6 Å². The van der Waals surface area contributed by atoms with Crippen molar-refractivity contribution in [1.29, 1.82) is 0 Å². The number of allylic oxidation sites excluding steroid dienone is 3. The lowest BCUT2D eigenvalue weighted by molar-refractivity contribution is -0.129. The molecule has 1 spiro atoms. The molecule has 0 aromatic carbocycles. The molecule has 3 unspecified atom stereocenters. The van der Waals surface area contributed by atoms with Gasteiger partial charge in [-0.05, 0) is 37.7 Å². The highest BCUT2D eigenvalue weighted by molar-refractivity contribution is 8.01. The first kappa shape index (κ1) is 18.2. The Bertz CT molecular complexity index is 547. The molecule has 4 nitrogen and oxygen atoms in total. The van der Waals surface area contributed by atoms with E-state index in [2.05, 4.69) is 11.4 Å². The number of carbonyl (C=O) groups excluding carboxylic acids is 1. The van der Waals surface area contributed by atoms with E-state index < -0.39 is 0 Å². The van der Waals surface area contributed by atoms with Crippen LogP contribution in [0, 0.1) is 11.8 Å². The molecule has 2 heterocycles. The predicted molar refractivity (Wildman–Crippen MR) is 99.4 cm³/mol. The summed E-state index contributed by atoms with van der Waals surface area (Å²) in [6, 6.07) is 0.386. The largest absolute Gasteiger partial charge is 0.353 e. The Balaban J connectivity index is 0.00000169. The van der Waals surface area contributed by atoms with Crippen molar-refractivity contribution in [2.45, 2.75) is 55.7 Å². The fraction of sp³-hybridized carbons (Fsp3) is 0.722. The van der Waals surface area contributed by atoms with E-state index in [1.807, 2.05) is 23.9 Å². The summed E-state index contributed by atoms with van der Waals surface area (Å²) < 4.78 is -0.0870. The minimum Gasteiger partial charge on any atom is -0.353 e. The lowest BCUT2D eigenvalue weighted by Crippen LogP contribution is -2.51. The second-order valence-corrected chi connectivity index (χ2v) is 8.70. The number of hydrogen-bond donors (Lipinski definition) is 2. The van der Waals surface area contributed by atoms with E-state index in [9.17, 15) is 10.0 Å². The SMILES string of the molecule is Cl.O=C(NC1CCCCC1)C1CSC23CC=CC=C2N(O)CCC13. The highest BCUT2D eigenvalue weighted by Gasteiger charge is 2.56. The van der Waals surface area contributed by atoms with Gasteiger partial charge in [-0.2, -0.15) is 0 Å². The molecule has 24 heavy (non-hydrogen) atoms. The van der Waals surface area contributed by atoms with Crippen LogP contribution in [0.5, 0.6) is 0 Å². The van der Waals surface area contributed by atoms with Crippen molar-refractivity contribution in [2.24, 2.45) is 11.8 Å². The van der Waals surface area contributed by atoms with Crippen molar-refractivity contribution in [1.82, 2.24) is 10.4 Å². The van der Waals surface area contributed by atoms with Crippen LogP contribution in [0.25, 0.3) is 0 Å². The maximum Gasteiger partial charge on any atom is 0.224 e. The van der Waals surface area contributed by atoms with Gasteiger partial charge in [0.1, 0.15) is 0 Å². The molecule has 134 valence electrons. The van der Waals surface area contributed by atoms with E-state index in [0.29, 0.717) is 18.5 Å². The second kappa shape index (κ2) is 7.30. The fourth-order valence-electron chi connectivity index (χ4n) is 4.84. The Morgan fingerprint density at radius 3 is 2.88 bits per heavy atom. The first-order valence-corrected chi connectivity index (χ1v) is 9.97. The molecule has 2 aliphatic heterocycles. The number of halogens is 1. The van der Waals surface area contributed by atoms with E-state index in [1.54, 1.807) is 0 Å². The standard InChI is InChI=1S/C18H26N2O2S.ClH/c21-17(19-13-6-2-1-3-7-13)14-12-23-18-10-5-4-8-16(18)20(22)11-9-15(14)18;/h4-5,8,13-15,22H,1-3,6-7,9-12H2,(H,19,21);1H. The van der Waals surface area contributed by atoms with Gasteiger partial charge in [-0.3, -0.25) is 15.1 Å². The van der Waals surface area contributed by atoms with Crippen molar-refractivity contribution in [2.75, 3.05) is 12.3 Å². The van der Waals surface area contributed by atoms with E-state index in [4.69, 9.17) is 0 Å². The number of rotatable bonds is 2. The van der Waals surface area contributed by atoms with Crippen LogP contribution in [0.4, 0.5) is 0 Å². The fourth-order valence-corrected chi connectivity index (χ4v) is 6.74. The molecule has 4 aliphatic rings. The summed E-state index contributed by atoms with van der Waals surface area (Å²) in [6.07, 6.45) is 14.2. The van der Waals surface area contributed by atoms with Gasteiger partial charge in [0, 0.05) is 18.3 Å². The predicted octanol–water partition coefficient (Wildman–Crippen LogP) is 3.51. The van der Waals surface area contributed by atoms with Crippen molar-refractivity contribution in [3.63, 3.8) is 0 Å². The van der Waals surface area contributed by atoms with Crippen molar-refractivity contribution in [3.05, 3.63) is 23.9 Å². The summed E-state index contributed by atoms with van der Waals surface area (Å²) in [5.74, 6) is 1.56. The number of thioether (sulfide) groups is 1. The zero-order valence-electron chi connectivity index (χ0n) is 13.9. The molecule has 2 saturated heterocycles. The number of nitrogens with zero attached hydrogens (tertiary/aromatic N) is 1. The molecule has 3 atom stereocenters. The maximum atomic E-state index is 12.9. The third kappa shape index (κ3) is 2.99. The van der Waals surface area contributed by atoms with E-state index in [-0.39, 0.29) is 29.0 Å². The van der Waals surface area contributed by atoms with Crippen LogP contribution in [0.1, 0.15) is 44.9 Å². The van der Waals surface area contributed by atoms with Crippen LogP contribution in [-0.4, -0.2) is 39.3 Å². The molecule has 2 N–H and O–H groups in total. The van der Waals surface area contributed by atoms with Gasteiger partial charge in [-0.1, -0.05) is 31.4 Å². The van der Waals surface area contributed by atoms with Gasteiger partial charge >= 0.3 is 0 Å². The summed E-state index contributed by atoms with van der Waals surface area (Å²) in [4.78, 5) is 12.9. The minimum atomic E-state index is -0.0870. The van der Waals surface area contributed by atoms with Crippen molar-refractivity contribution < 1.29 is 10.0 Å². The van der Waals surface area contributed by atoms with Crippen molar-refractivity contribution >= 4 is 30.1 Å². The zero-order chi connectivity index (χ0) is 15.9. The Morgan fingerprint density at radius 2 is 2.08 bits per heavy atom. The molecule has 1 saturated carbocycles. The highest BCUT2D eigenvalue weighted by atomic mass is 35.5. The molecule has 3 fully saturated rings. The van der Waals surface area contributed by atoms with Gasteiger partial charge in [-0.15, -0.1) is 24.2 Å². The molecule has 6 heteroatoms. The zero-order valence-corrected chi connectivity index (χ0v) is 15.6. The molecule has 0 aromatic heterocycles. The van der Waals surface area contributed by atoms with E-state index in [1.165, 1.54) is 24.3 Å². The summed E-state index contributed by atoms with van der Waals surface area (Å²) >= 11 is 1.88. The van der Waals surface area contributed by atoms with E-state index in [0.717, 1.165) is 37.1 Å². The minimum absolute atomic E-state index is 0. The summed E-state index contributed by atoms with van der Waals surface area (Å²) in [5, 5.41) is 15.0. The molecule has 1 amide bonds.